The minimum absolute atomic E-state index is 0.303. The maximum absolute atomic E-state index is 13.6. The van der Waals surface area contributed by atoms with Crippen molar-refractivity contribution in [3.05, 3.63) is 39.1 Å². The largest absolute Gasteiger partial charge is 0.238 e. The summed E-state index contributed by atoms with van der Waals surface area (Å²) in [6.45, 7) is 3.59. The molecule has 0 unspecified atom stereocenters. The van der Waals surface area contributed by atoms with Gasteiger partial charge in [0.25, 0.3) is 0 Å². The Kier molecular flexibility index (Phi) is 2.95. The maximum Gasteiger partial charge on any atom is 0.181 e. The van der Waals surface area contributed by atoms with E-state index in [0.29, 0.717) is 33.1 Å². The lowest BCUT2D eigenvalue weighted by Gasteiger charge is -2.04. The lowest BCUT2D eigenvalue weighted by atomic mass is 10.1. The van der Waals surface area contributed by atoms with Crippen LogP contribution in [-0.2, 0) is 0 Å². The standard InChI is InChI=1S/C13H9ClFN3S/c1-6-3-8-10(4-9(6)15)17-13(18-12(8)14)11-5-19-7(2)16-11/h3-5H,1-2H3. The average molecular weight is 294 g/mol. The van der Waals surface area contributed by atoms with Crippen molar-refractivity contribution in [2.45, 2.75) is 13.8 Å². The van der Waals surface area contributed by atoms with E-state index in [-0.39, 0.29) is 5.82 Å². The summed E-state index contributed by atoms with van der Waals surface area (Å²) in [6.07, 6.45) is 0. The molecule has 0 aliphatic heterocycles. The van der Waals surface area contributed by atoms with Crippen LogP contribution < -0.4 is 0 Å². The molecule has 0 aliphatic carbocycles. The van der Waals surface area contributed by atoms with Gasteiger partial charge < -0.3 is 0 Å². The Morgan fingerprint density at radius 1 is 1.16 bits per heavy atom. The Morgan fingerprint density at radius 3 is 2.63 bits per heavy atom. The van der Waals surface area contributed by atoms with Gasteiger partial charge in [-0.25, -0.2) is 19.3 Å². The van der Waals surface area contributed by atoms with Crippen molar-refractivity contribution in [2.24, 2.45) is 0 Å². The zero-order valence-electron chi connectivity index (χ0n) is 10.2. The zero-order chi connectivity index (χ0) is 13.6. The summed E-state index contributed by atoms with van der Waals surface area (Å²) in [4.78, 5) is 12.9. The molecule has 3 rings (SSSR count). The molecule has 0 N–H and O–H groups in total. The number of hydrogen-bond donors (Lipinski definition) is 0. The number of halogens is 2. The minimum atomic E-state index is -0.303. The van der Waals surface area contributed by atoms with Crippen LogP contribution in [0.5, 0.6) is 0 Å². The molecule has 0 spiro atoms. The number of fused-ring (bicyclic) bond motifs is 1. The van der Waals surface area contributed by atoms with Crippen LogP contribution in [0.15, 0.2) is 17.5 Å². The van der Waals surface area contributed by atoms with Gasteiger partial charge >= 0.3 is 0 Å². The van der Waals surface area contributed by atoms with E-state index in [0.717, 1.165) is 5.01 Å². The molecule has 3 nitrogen and oxygen atoms in total. The van der Waals surface area contributed by atoms with Crippen molar-refractivity contribution < 1.29 is 4.39 Å². The van der Waals surface area contributed by atoms with Crippen LogP contribution in [0.1, 0.15) is 10.6 Å². The highest BCUT2D eigenvalue weighted by atomic mass is 35.5. The molecule has 6 heteroatoms. The number of nitrogens with zero attached hydrogens (tertiary/aromatic N) is 3. The average Bonchev–Trinajstić information content (AvgIpc) is 2.78. The summed E-state index contributed by atoms with van der Waals surface area (Å²) in [6, 6.07) is 3.03. The van der Waals surface area contributed by atoms with Gasteiger partial charge in [0.1, 0.15) is 16.7 Å². The monoisotopic (exact) mass is 293 g/mol. The SMILES string of the molecule is Cc1nc(-c2nc(Cl)c3cc(C)c(F)cc3n2)cs1. The van der Waals surface area contributed by atoms with E-state index in [4.69, 9.17) is 11.6 Å². The predicted molar refractivity (Wildman–Crippen MR) is 75.1 cm³/mol. The van der Waals surface area contributed by atoms with Gasteiger partial charge in [-0.15, -0.1) is 11.3 Å². The van der Waals surface area contributed by atoms with E-state index in [1.807, 2.05) is 12.3 Å². The number of rotatable bonds is 1. The fraction of sp³-hybridized carbons (Fsp3) is 0.154. The van der Waals surface area contributed by atoms with Crippen molar-refractivity contribution in [3.8, 4) is 11.5 Å². The maximum atomic E-state index is 13.6. The van der Waals surface area contributed by atoms with Crippen LogP contribution in [0.3, 0.4) is 0 Å². The molecule has 1 aromatic carbocycles. The van der Waals surface area contributed by atoms with Crippen LogP contribution in [0.25, 0.3) is 22.4 Å². The molecular formula is C13H9ClFN3S. The number of benzene rings is 1. The molecule has 19 heavy (non-hydrogen) atoms. The Labute approximate surface area is 118 Å². The summed E-state index contributed by atoms with van der Waals surface area (Å²) < 4.78 is 13.6. The normalized spacial score (nSPS) is 11.2. The second kappa shape index (κ2) is 4.51. The number of aryl methyl sites for hydroxylation is 2. The van der Waals surface area contributed by atoms with Gasteiger partial charge in [0, 0.05) is 16.8 Å². The van der Waals surface area contributed by atoms with Crippen LogP contribution in [-0.4, -0.2) is 15.0 Å². The topological polar surface area (TPSA) is 38.7 Å². The molecule has 2 heterocycles. The van der Waals surface area contributed by atoms with Gasteiger partial charge in [-0.2, -0.15) is 0 Å². The first-order valence-electron chi connectivity index (χ1n) is 5.60. The molecule has 0 radical (unpaired) electrons. The lowest BCUT2D eigenvalue weighted by Crippen LogP contribution is -1.94. The third-order valence-electron chi connectivity index (χ3n) is 2.78. The predicted octanol–water partition coefficient (Wildman–Crippen LogP) is 4.16. The van der Waals surface area contributed by atoms with E-state index in [1.165, 1.54) is 17.4 Å². The Bertz CT molecular complexity index is 785. The molecule has 2 aromatic heterocycles. The van der Waals surface area contributed by atoms with E-state index >= 15 is 0 Å². The van der Waals surface area contributed by atoms with Gasteiger partial charge in [-0.3, -0.25) is 0 Å². The summed E-state index contributed by atoms with van der Waals surface area (Å²) in [5, 5.41) is 3.74. The molecule has 0 saturated heterocycles. The van der Waals surface area contributed by atoms with Gasteiger partial charge in [0.15, 0.2) is 5.82 Å². The molecule has 0 saturated carbocycles. The van der Waals surface area contributed by atoms with Crippen LogP contribution in [0, 0.1) is 19.7 Å². The molecular weight excluding hydrogens is 285 g/mol. The zero-order valence-corrected chi connectivity index (χ0v) is 11.8. The summed E-state index contributed by atoms with van der Waals surface area (Å²) in [5.41, 5.74) is 1.67. The number of hydrogen-bond acceptors (Lipinski definition) is 4. The fourth-order valence-electron chi connectivity index (χ4n) is 1.80. The lowest BCUT2D eigenvalue weighted by molar-refractivity contribution is 0.620. The van der Waals surface area contributed by atoms with Gasteiger partial charge in [0.2, 0.25) is 0 Å². The first-order valence-corrected chi connectivity index (χ1v) is 6.86. The van der Waals surface area contributed by atoms with Gasteiger partial charge in [0.05, 0.1) is 10.5 Å². The molecule has 96 valence electrons. The first kappa shape index (κ1) is 12.4. The molecule has 0 aliphatic rings. The Morgan fingerprint density at radius 2 is 1.95 bits per heavy atom. The quantitative estimate of drug-likeness (QED) is 0.632. The Hall–Kier alpha value is -1.59. The summed E-state index contributed by atoms with van der Waals surface area (Å²) in [5.74, 6) is 0.118. The molecule has 0 atom stereocenters. The second-order valence-corrected chi connectivity index (χ2v) is 5.63. The van der Waals surface area contributed by atoms with Crippen molar-refractivity contribution in [2.75, 3.05) is 0 Å². The molecule has 0 fully saturated rings. The smallest absolute Gasteiger partial charge is 0.181 e. The first-order chi connectivity index (χ1) is 9.04. The summed E-state index contributed by atoms with van der Waals surface area (Å²) >= 11 is 7.65. The molecule has 0 bridgehead atoms. The van der Waals surface area contributed by atoms with E-state index in [2.05, 4.69) is 15.0 Å². The third kappa shape index (κ3) is 2.19. The van der Waals surface area contributed by atoms with Crippen molar-refractivity contribution in [1.82, 2.24) is 15.0 Å². The van der Waals surface area contributed by atoms with Crippen LogP contribution in [0.4, 0.5) is 4.39 Å². The van der Waals surface area contributed by atoms with Crippen molar-refractivity contribution in [1.29, 1.82) is 0 Å². The minimum Gasteiger partial charge on any atom is -0.238 e. The molecule has 0 amide bonds. The summed E-state index contributed by atoms with van der Waals surface area (Å²) in [7, 11) is 0. The second-order valence-electron chi connectivity index (χ2n) is 4.21. The Balaban J connectivity index is 2.27. The number of thiazole rings is 1. The highest BCUT2D eigenvalue weighted by Gasteiger charge is 2.12. The highest BCUT2D eigenvalue weighted by Crippen LogP contribution is 2.27. The fourth-order valence-corrected chi connectivity index (χ4v) is 2.62. The number of aromatic nitrogens is 3. The van der Waals surface area contributed by atoms with Gasteiger partial charge in [-0.05, 0) is 25.5 Å². The highest BCUT2D eigenvalue weighted by molar-refractivity contribution is 7.09. The van der Waals surface area contributed by atoms with E-state index in [1.54, 1.807) is 13.0 Å². The van der Waals surface area contributed by atoms with Gasteiger partial charge in [-0.1, -0.05) is 11.6 Å². The van der Waals surface area contributed by atoms with Crippen molar-refractivity contribution >= 4 is 33.8 Å². The van der Waals surface area contributed by atoms with E-state index < -0.39 is 0 Å². The van der Waals surface area contributed by atoms with E-state index in [9.17, 15) is 4.39 Å². The van der Waals surface area contributed by atoms with Crippen LogP contribution in [0.2, 0.25) is 5.15 Å². The van der Waals surface area contributed by atoms with Crippen LogP contribution >= 0.6 is 22.9 Å². The van der Waals surface area contributed by atoms with Crippen molar-refractivity contribution in [3.63, 3.8) is 0 Å². The molecule has 3 aromatic rings. The third-order valence-corrected chi connectivity index (χ3v) is 3.84.